The fourth-order valence-electron chi connectivity index (χ4n) is 3.70. The van der Waals surface area contributed by atoms with Gasteiger partial charge in [-0.15, -0.1) is 11.3 Å². The van der Waals surface area contributed by atoms with Crippen LogP contribution in [0.2, 0.25) is 5.02 Å². The third kappa shape index (κ3) is 3.14. The van der Waals surface area contributed by atoms with Gasteiger partial charge in [0.15, 0.2) is 0 Å². The molecule has 5 nitrogen and oxygen atoms in total. The number of nitrogens with zero attached hydrogens (tertiary/aromatic N) is 3. The molecule has 5 rings (SSSR count). The summed E-state index contributed by atoms with van der Waals surface area (Å²) in [5.41, 5.74) is 4.98. The minimum Gasteiger partial charge on any atom is -0.375 e. The molecule has 0 saturated carbocycles. The molecule has 5 aromatic rings. The molecule has 30 heavy (non-hydrogen) atoms. The number of thiazole rings is 1. The lowest BCUT2D eigenvalue weighted by Crippen LogP contribution is -2.25. The van der Waals surface area contributed by atoms with Crippen LogP contribution in [0.4, 0.5) is 5.69 Å². The first-order chi connectivity index (χ1) is 14.6. The summed E-state index contributed by atoms with van der Waals surface area (Å²) in [4.78, 5) is 23.2. The quantitative estimate of drug-likeness (QED) is 0.388. The Morgan fingerprint density at radius 1 is 1.07 bits per heavy atom. The zero-order chi connectivity index (χ0) is 20.7. The van der Waals surface area contributed by atoms with Crippen molar-refractivity contribution in [3.8, 4) is 5.69 Å². The number of halogens is 1. The van der Waals surface area contributed by atoms with Gasteiger partial charge in [-0.05, 0) is 42.6 Å². The molecule has 148 valence electrons. The standard InChI is InChI=1S/C23H17ClN4OS/c1-14(27-18-10-11-25-22-21(18)26-13-30-22)19-12-15-6-5-9-17(24)20(15)23(29)28(19)16-7-3-2-4-8-16/h2-14H,1H3,(H,25,27). The average molecular weight is 433 g/mol. The topological polar surface area (TPSA) is 59.8 Å². The third-order valence-corrected chi connectivity index (χ3v) is 6.14. The van der Waals surface area contributed by atoms with E-state index in [1.165, 1.54) is 11.3 Å². The van der Waals surface area contributed by atoms with Crippen LogP contribution in [-0.4, -0.2) is 14.5 Å². The molecule has 1 N–H and O–H groups in total. The van der Waals surface area contributed by atoms with Crippen molar-refractivity contribution in [3.05, 3.63) is 93.4 Å². The van der Waals surface area contributed by atoms with Crippen molar-refractivity contribution in [1.29, 1.82) is 0 Å². The van der Waals surface area contributed by atoms with Gasteiger partial charge < -0.3 is 5.32 Å². The summed E-state index contributed by atoms with van der Waals surface area (Å²) in [7, 11) is 0. The summed E-state index contributed by atoms with van der Waals surface area (Å²) in [5.74, 6) is 0. The van der Waals surface area contributed by atoms with E-state index in [-0.39, 0.29) is 11.6 Å². The minimum absolute atomic E-state index is 0.138. The van der Waals surface area contributed by atoms with Gasteiger partial charge in [0.1, 0.15) is 10.3 Å². The maximum absolute atomic E-state index is 13.5. The third-order valence-electron chi connectivity index (χ3n) is 5.09. The maximum atomic E-state index is 13.5. The first kappa shape index (κ1) is 18.8. The molecular weight excluding hydrogens is 416 g/mol. The van der Waals surface area contributed by atoms with E-state index in [1.807, 2.05) is 61.5 Å². The van der Waals surface area contributed by atoms with E-state index in [9.17, 15) is 4.79 Å². The van der Waals surface area contributed by atoms with Crippen LogP contribution < -0.4 is 10.9 Å². The van der Waals surface area contributed by atoms with Crippen molar-refractivity contribution in [2.75, 3.05) is 5.32 Å². The molecule has 0 fully saturated rings. The van der Waals surface area contributed by atoms with Crippen molar-refractivity contribution in [3.63, 3.8) is 0 Å². The second-order valence-electron chi connectivity index (χ2n) is 6.98. The van der Waals surface area contributed by atoms with E-state index in [1.54, 1.807) is 22.3 Å². The van der Waals surface area contributed by atoms with Crippen LogP contribution >= 0.6 is 22.9 Å². The smallest absolute Gasteiger partial charge is 0.264 e. The Balaban J connectivity index is 1.71. The Morgan fingerprint density at radius 2 is 1.90 bits per heavy atom. The van der Waals surface area contributed by atoms with Crippen molar-refractivity contribution in [1.82, 2.24) is 14.5 Å². The number of hydrogen-bond donors (Lipinski definition) is 1. The molecule has 2 aromatic carbocycles. The van der Waals surface area contributed by atoms with Gasteiger partial charge in [-0.2, -0.15) is 0 Å². The molecule has 3 heterocycles. The Morgan fingerprint density at radius 3 is 2.73 bits per heavy atom. The fraction of sp³-hybridized carbons (Fsp3) is 0.0870. The van der Waals surface area contributed by atoms with Crippen molar-refractivity contribution in [2.45, 2.75) is 13.0 Å². The molecule has 7 heteroatoms. The number of hydrogen-bond acceptors (Lipinski definition) is 5. The molecule has 0 aliphatic heterocycles. The first-order valence-electron chi connectivity index (χ1n) is 9.48. The van der Waals surface area contributed by atoms with E-state index >= 15 is 0 Å². The molecule has 0 radical (unpaired) electrons. The number of rotatable bonds is 4. The van der Waals surface area contributed by atoms with Crippen LogP contribution in [0.25, 0.3) is 26.8 Å². The van der Waals surface area contributed by atoms with Crippen molar-refractivity contribution < 1.29 is 0 Å². The number of para-hydroxylation sites is 1. The number of anilines is 1. The molecule has 0 amide bonds. The maximum Gasteiger partial charge on any atom is 0.264 e. The Labute approximate surface area is 181 Å². The monoisotopic (exact) mass is 432 g/mol. The van der Waals surface area contributed by atoms with Gasteiger partial charge in [0.2, 0.25) is 0 Å². The molecule has 1 atom stereocenters. The largest absolute Gasteiger partial charge is 0.375 e. The number of pyridine rings is 2. The number of aromatic nitrogens is 3. The molecule has 0 bridgehead atoms. The molecule has 0 aliphatic carbocycles. The number of fused-ring (bicyclic) bond motifs is 2. The predicted octanol–water partition coefficient (Wildman–Crippen LogP) is 5.82. The summed E-state index contributed by atoms with van der Waals surface area (Å²) in [6.45, 7) is 2.03. The number of nitrogens with one attached hydrogen (secondary N) is 1. The van der Waals surface area contributed by atoms with Crippen LogP contribution in [0.5, 0.6) is 0 Å². The van der Waals surface area contributed by atoms with Gasteiger partial charge >= 0.3 is 0 Å². The molecular formula is C23H17ClN4OS. The van der Waals surface area contributed by atoms with Crippen LogP contribution in [0.1, 0.15) is 18.7 Å². The molecule has 1 unspecified atom stereocenters. The van der Waals surface area contributed by atoms with E-state index in [0.29, 0.717) is 10.4 Å². The minimum atomic E-state index is -0.173. The van der Waals surface area contributed by atoms with Gasteiger partial charge in [-0.1, -0.05) is 41.9 Å². The van der Waals surface area contributed by atoms with Crippen molar-refractivity contribution >= 4 is 49.7 Å². The van der Waals surface area contributed by atoms with Crippen LogP contribution in [0, 0.1) is 0 Å². The van der Waals surface area contributed by atoms with Gasteiger partial charge in [0, 0.05) is 17.6 Å². The first-order valence-corrected chi connectivity index (χ1v) is 10.7. The Bertz CT molecular complexity index is 1430. The summed E-state index contributed by atoms with van der Waals surface area (Å²) in [6, 6.07) is 18.9. The van der Waals surface area contributed by atoms with Crippen LogP contribution in [-0.2, 0) is 0 Å². The van der Waals surface area contributed by atoms with Crippen LogP contribution in [0.15, 0.2) is 77.2 Å². The lowest BCUT2D eigenvalue weighted by atomic mass is 10.1. The second-order valence-corrected chi connectivity index (χ2v) is 8.22. The van der Waals surface area contributed by atoms with Crippen molar-refractivity contribution in [2.24, 2.45) is 0 Å². The summed E-state index contributed by atoms with van der Waals surface area (Å²) >= 11 is 7.89. The van der Waals surface area contributed by atoms with Gasteiger partial charge in [0.05, 0.1) is 27.6 Å². The van der Waals surface area contributed by atoms with Gasteiger partial charge in [-0.25, -0.2) is 9.97 Å². The highest BCUT2D eigenvalue weighted by Crippen LogP contribution is 2.29. The second kappa shape index (κ2) is 7.55. The van der Waals surface area contributed by atoms with E-state index in [4.69, 9.17) is 11.6 Å². The van der Waals surface area contributed by atoms with E-state index in [0.717, 1.165) is 32.8 Å². The van der Waals surface area contributed by atoms with E-state index in [2.05, 4.69) is 15.3 Å². The SMILES string of the molecule is CC(Nc1ccnc2scnc12)c1cc2cccc(Cl)c2c(=O)n1-c1ccccc1. The predicted molar refractivity (Wildman–Crippen MR) is 124 cm³/mol. The van der Waals surface area contributed by atoms with Crippen LogP contribution in [0.3, 0.4) is 0 Å². The normalized spacial score (nSPS) is 12.3. The summed E-state index contributed by atoms with van der Waals surface area (Å²) in [5, 5.41) is 5.30. The average Bonchev–Trinajstić information content (AvgIpc) is 3.24. The van der Waals surface area contributed by atoms with E-state index < -0.39 is 0 Å². The zero-order valence-electron chi connectivity index (χ0n) is 16.0. The lowest BCUT2D eigenvalue weighted by Gasteiger charge is -2.22. The molecule has 0 saturated heterocycles. The molecule has 0 spiro atoms. The molecule has 3 aromatic heterocycles. The fourth-order valence-corrected chi connectivity index (χ4v) is 4.62. The Kier molecular flexibility index (Phi) is 4.73. The number of benzene rings is 2. The highest BCUT2D eigenvalue weighted by Gasteiger charge is 2.18. The van der Waals surface area contributed by atoms with Gasteiger partial charge in [0.25, 0.3) is 5.56 Å². The summed E-state index contributed by atoms with van der Waals surface area (Å²) in [6.07, 6.45) is 1.76. The zero-order valence-corrected chi connectivity index (χ0v) is 17.6. The molecule has 0 aliphatic rings. The summed E-state index contributed by atoms with van der Waals surface area (Å²) < 4.78 is 1.73. The highest BCUT2D eigenvalue weighted by molar-refractivity contribution is 7.16. The van der Waals surface area contributed by atoms with Gasteiger partial charge in [-0.3, -0.25) is 9.36 Å². The highest BCUT2D eigenvalue weighted by atomic mass is 35.5. The Hall–Kier alpha value is -3.22. The lowest BCUT2D eigenvalue weighted by molar-refractivity contribution is 0.778.